The molecule has 7 rings (SSSR count). The summed E-state index contributed by atoms with van der Waals surface area (Å²) in [5, 5.41) is 15.8. The van der Waals surface area contributed by atoms with Crippen LogP contribution in [-0.4, -0.2) is 46.5 Å². The zero-order chi connectivity index (χ0) is 41.4. The number of carboxylic acid groups (broad SMARTS) is 1. The van der Waals surface area contributed by atoms with Crippen molar-refractivity contribution in [2.24, 2.45) is 75.4 Å². The van der Waals surface area contributed by atoms with Gasteiger partial charge in [0.15, 0.2) is 5.78 Å². The molecule has 5 saturated carbocycles. The van der Waals surface area contributed by atoms with Gasteiger partial charge in [-0.2, -0.15) is 0 Å². The fourth-order valence-corrected chi connectivity index (χ4v) is 14.4. The lowest BCUT2D eigenvalue weighted by atomic mass is 9.37. The number of carboxylic acids is 1. The standard InChI is InChI=1S/C49H70N2O6/c1-27(2)42-39(53)24-49(25-41(54)50-26-46(6,7)51-44(55)31-12-10-28(3)11-13-31)21-18-37-33(43(42)49)14-15-40-47(8)19-16-32(29(4)36(47)17-20-48(37,40)9)22-38(52)34-23-35(30(34)5)45(56)57/h10-13,27,29-30,32-37,40H,14-26H2,1-9H3,(H,50,54)(H,51,55)(H,56,57). The third-order valence-corrected chi connectivity index (χ3v) is 17.5. The fourth-order valence-electron chi connectivity index (χ4n) is 14.4. The van der Waals surface area contributed by atoms with E-state index >= 15 is 0 Å². The Hall–Kier alpha value is -3.29. The zero-order valence-electron chi connectivity index (χ0n) is 36.3. The molecule has 0 saturated heterocycles. The number of benzene rings is 1. The minimum atomic E-state index is -0.768. The number of carbonyl (C=O) groups is 5. The van der Waals surface area contributed by atoms with Gasteiger partial charge < -0.3 is 15.7 Å². The van der Waals surface area contributed by atoms with E-state index in [1.54, 1.807) is 0 Å². The molecule has 12 atom stereocenters. The van der Waals surface area contributed by atoms with E-state index in [2.05, 4.69) is 45.3 Å². The number of hydrogen-bond donors (Lipinski definition) is 3. The molecule has 6 aliphatic carbocycles. The Morgan fingerprint density at radius 2 is 1.53 bits per heavy atom. The topological polar surface area (TPSA) is 130 Å². The highest BCUT2D eigenvalue weighted by Gasteiger charge is 2.65. The Morgan fingerprint density at radius 3 is 2.18 bits per heavy atom. The van der Waals surface area contributed by atoms with Crippen molar-refractivity contribution in [2.45, 2.75) is 145 Å². The first-order valence-electron chi connectivity index (χ1n) is 22.4. The van der Waals surface area contributed by atoms with E-state index in [-0.39, 0.29) is 57.9 Å². The minimum absolute atomic E-state index is 0.0490. The second-order valence-electron chi connectivity index (χ2n) is 21.5. The minimum Gasteiger partial charge on any atom is -0.481 e. The molecule has 8 nitrogen and oxygen atoms in total. The molecule has 12 unspecified atom stereocenters. The van der Waals surface area contributed by atoms with Crippen LogP contribution in [0.5, 0.6) is 0 Å². The SMILES string of the molecule is Cc1ccc(C(=O)NC(C)(C)CNC(=O)CC23CCC4C(CCC5C4(C)CCC4C(C)C(CC(=O)C6CC(C(=O)O)C6C)CCC45C)C2=C(C(C)C)C(=O)C3)cc1. The molecule has 0 aromatic heterocycles. The van der Waals surface area contributed by atoms with Gasteiger partial charge in [0.25, 0.3) is 5.91 Å². The van der Waals surface area contributed by atoms with Gasteiger partial charge in [0, 0.05) is 42.7 Å². The lowest BCUT2D eigenvalue weighted by Crippen LogP contribution is -2.60. The third-order valence-electron chi connectivity index (χ3n) is 17.5. The maximum Gasteiger partial charge on any atom is 0.306 e. The molecule has 312 valence electrons. The van der Waals surface area contributed by atoms with Crippen LogP contribution in [0.2, 0.25) is 0 Å². The van der Waals surface area contributed by atoms with Gasteiger partial charge >= 0.3 is 5.97 Å². The largest absolute Gasteiger partial charge is 0.481 e. The number of aryl methyl sites for hydroxylation is 1. The van der Waals surface area contributed by atoms with Crippen molar-refractivity contribution >= 4 is 29.4 Å². The van der Waals surface area contributed by atoms with Crippen molar-refractivity contribution in [1.82, 2.24) is 10.6 Å². The van der Waals surface area contributed by atoms with Gasteiger partial charge in [-0.1, -0.05) is 64.8 Å². The second kappa shape index (κ2) is 15.1. The molecule has 0 aliphatic heterocycles. The molecule has 0 bridgehead atoms. The number of amides is 2. The van der Waals surface area contributed by atoms with Gasteiger partial charge in [0.1, 0.15) is 5.78 Å². The fraction of sp³-hybridized carbons (Fsp3) is 0.735. The van der Waals surface area contributed by atoms with Crippen LogP contribution in [0.25, 0.3) is 0 Å². The number of allylic oxidation sites excluding steroid dienone is 2. The first-order chi connectivity index (χ1) is 26.7. The van der Waals surface area contributed by atoms with Crippen LogP contribution >= 0.6 is 0 Å². The number of Topliss-reactive ketones (excluding diaryl/α,β-unsaturated/α-hetero) is 2. The number of aliphatic carboxylic acids is 1. The molecule has 0 spiro atoms. The van der Waals surface area contributed by atoms with Crippen LogP contribution in [0.1, 0.15) is 148 Å². The number of nitrogens with one attached hydrogen (secondary N) is 2. The van der Waals surface area contributed by atoms with E-state index in [1.807, 2.05) is 52.0 Å². The maximum absolute atomic E-state index is 14.0. The number of hydrogen-bond acceptors (Lipinski definition) is 5. The monoisotopic (exact) mass is 783 g/mol. The van der Waals surface area contributed by atoms with Gasteiger partial charge in [-0.3, -0.25) is 24.0 Å². The average Bonchev–Trinajstić information content (AvgIpc) is 3.43. The number of fused-ring (bicyclic) bond motifs is 7. The second-order valence-corrected chi connectivity index (χ2v) is 21.5. The van der Waals surface area contributed by atoms with E-state index in [1.165, 1.54) is 12.0 Å². The van der Waals surface area contributed by atoms with Crippen LogP contribution in [0.15, 0.2) is 35.4 Å². The summed E-state index contributed by atoms with van der Waals surface area (Å²) >= 11 is 0. The van der Waals surface area contributed by atoms with Crippen LogP contribution in [0.3, 0.4) is 0 Å². The summed E-state index contributed by atoms with van der Waals surface area (Å²) in [6.45, 7) is 19.9. The Labute approximate surface area is 341 Å². The van der Waals surface area contributed by atoms with Crippen LogP contribution < -0.4 is 10.6 Å². The molecular formula is C49H70N2O6. The summed E-state index contributed by atoms with van der Waals surface area (Å²) in [7, 11) is 0. The first-order valence-corrected chi connectivity index (χ1v) is 22.4. The predicted octanol–water partition coefficient (Wildman–Crippen LogP) is 9.14. The summed E-state index contributed by atoms with van der Waals surface area (Å²) in [6, 6.07) is 7.48. The Balaban J connectivity index is 1.04. The quantitative estimate of drug-likeness (QED) is 0.205. The first kappa shape index (κ1) is 41.9. The average molecular weight is 783 g/mol. The van der Waals surface area contributed by atoms with Crippen molar-refractivity contribution in [2.75, 3.05) is 6.54 Å². The molecule has 1 aromatic carbocycles. The highest BCUT2D eigenvalue weighted by atomic mass is 16.4. The van der Waals surface area contributed by atoms with E-state index in [0.717, 1.165) is 56.1 Å². The highest BCUT2D eigenvalue weighted by molar-refractivity contribution is 6.01. The van der Waals surface area contributed by atoms with E-state index in [9.17, 15) is 29.1 Å². The van der Waals surface area contributed by atoms with Crippen molar-refractivity contribution < 1.29 is 29.1 Å². The van der Waals surface area contributed by atoms with Gasteiger partial charge in [-0.05, 0) is 154 Å². The molecule has 5 fully saturated rings. The van der Waals surface area contributed by atoms with Crippen molar-refractivity contribution in [1.29, 1.82) is 0 Å². The molecule has 8 heteroatoms. The summed E-state index contributed by atoms with van der Waals surface area (Å²) in [6.07, 6.45) is 10.5. The normalized spacial score (nSPS) is 38.6. The van der Waals surface area contributed by atoms with Crippen LogP contribution in [0.4, 0.5) is 0 Å². The lowest BCUT2D eigenvalue weighted by Gasteiger charge is -2.67. The van der Waals surface area contributed by atoms with Gasteiger partial charge in [0.2, 0.25) is 5.91 Å². The Kier molecular flexibility index (Phi) is 11.1. The smallest absolute Gasteiger partial charge is 0.306 e. The van der Waals surface area contributed by atoms with Crippen LogP contribution in [-0.2, 0) is 19.2 Å². The molecule has 3 N–H and O–H groups in total. The Morgan fingerprint density at radius 1 is 0.877 bits per heavy atom. The molecule has 0 radical (unpaired) electrons. The summed E-state index contributed by atoms with van der Waals surface area (Å²) in [4.78, 5) is 66.1. The third kappa shape index (κ3) is 7.25. The molecule has 2 amide bonds. The van der Waals surface area contributed by atoms with E-state index in [0.29, 0.717) is 73.3 Å². The van der Waals surface area contributed by atoms with Crippen molar-refractivity contribution in [3.05, 3.63) is 46.5 Å². The maximum atomic E-state index is 14.0. The molecule has 0 heterocycles. The highest BCUT2D eigenvalue weighted by Crippen LogP contribution is 2.72. The summed E-state index contributed by atoms with van der Waals surface area (Å²) in [5.74, 6) is 1.88. The summed E-state index contributed by atoms with van der Waals surface area (Å²) < 4.78 is 0. The molecular weight excluding hydrogens is 713 g/mol. The van der Waals surface area contributed by atoms with Crippen molar-refractivity contribution in [3.8, 4) is 0 Å². The zero-order valence-corrected chi connectivity index (χ0v) is 36.3. The lowest BCUT2D eigenvalue weighted by molar-refractivity contribution is -0.173. The summed E-state index contributed by atoms with van der Waals surface area (Å²) in [5.41, 5.74) is 3.25. The van der Waals surface area contributed by atoms with Crippen LogP contribution in [0, 0.1) is 82.3 Å². The predicted molar refractivity (Wildman–Crippen MR) is 222 cm³/mol. The number of carbonyl (C=O) groups excluding carboxylic acids is 4. The number of rotatable bonds is 11. The van der Waals surface area contributed by atoms with Gasteiger partial charge in [0.05, 0.1) is 11.5 Å². The molecule has 6 aliphatic rings. The molecule has 1 aromatic rings. The van der Waals surface area contributed by atoms with E-state index < -0.39 is 16.9 Å². The number of ketones is 2. The van der Waals surface area contributed by atoms with Gasteiger partial charge in [-0.15, -0.1) is 0 Å². The van der Waals surface area contributed by atoms with Gasteiger partial charge in [-0.25, -0.2) is 0 Å². The van der Waals surface area contributed by atoms with Crippen molar-refractivity contribution in [3.63, 3.8) is 0 Å². The Bertz CT molecular complexity index is 1830. The van der Waals surface area contributed by atoms with E-state index in [4.69, 9.17) is 0 Å². The molecule has 57 heavy (non-hydrogen) atoms.